The van der Waals surface area contributed by atoms with Crippen molar-refractivity contribution in [1.29, 1.82) is 0 Å². The molecule has 0 saturated carbocycles. The first-order valence-electron chi connectivity index (χ1n) is 9.09. The zero-order valence-electron chi connectivity index (χ0n) is 15.9. The van der Waals surface area contributed by atoms with Crippen LogP contribution < -0.4 is 10.2 Å². The van der Waals surface area contributed by atoms with E-state index in [0.717, 1.165) is 15.4 Å². The van der Waals surface area contributed by atoms with Crippen molar-refractivity contribution in [3.05, 3.63) is 99.0 Å². The Balaban J connectivity index is 1.77. The van der Waals surface area contributed by atoms with Crippen molar-refractivity contribution in [2.45, 2.75) is 11.8 Å². The van der Waals surface area contributed by atoms with E-state index >= 15 is 0 Å². The molecule has 1 aliphatic heterocycles. The highest BCUT2D eigenvalue weighted by molar-refractivity contribution is 8.04. The van der Waals surface area contributed by atoms with Crippen molar-refractivity contribution in [3.63, 3.8) is 0 Å². The van der Waals surface area contributed by atoms with Crippen molar-refractivity contribution in [1.82, 2.24) is 0 Å². The van der Waals surface area contributed by atoms with Crippen LogP contribution in [0.15, 0.2) is 88.3 Å². The lowest BCUT2D eigenvalue weighted by Crippen LogP contribution is -2.32. The quantitative estimate of drug-likeness (QED) is 0.460. The van der Waals surface area contributed by atoms with Gasteiger partial charge in [0, 0.05) is 15.6 Å². The molecule has 0 unspecified atom stereocenters. The first-order chi connectivity index (χ1) is 14.5. The summed E-state index contributed by atoms with van der Waals surface area (Å²) in [6.45, 7) is 1.89. The Morgan fingerprint density at radius 3 is 2.23 bits per heavy atom. The second-order valence-corrected chi connectivity index (χ2v) is 8.50. The second kappa shape index (κ2) is 8.56. The third kappa shape index (κ3) is 3.97. The van der Waals surface area contributed by atoms with Gasteiger partial charge in [0.25, 0.3) is 11.8 Å². The van der Waals surface area contributed by atoms with E-state index in [1.807, 2.05) is 49.4 Å². The molecule has 0 saturated heterocycles. The third-order valence-corrected chi connectivity index (χ3v) is 6.36. The number of para-hydroxylation sites is 1. The van der Waals surface area contributed by atoms with Crippen molar-refractivity contribution in [2.24, 2.45) is 0 Å². The molecule has 0 radical (unpaired) electrons. The van der Waals surface area contributed by atoms with Crippen LogP contribution >= 0.6 is 35.0 Å². The van der Waals surface area contributed by atoms with Gasteiger partial charge in [0.2, 0.25) is 0 Å². The molecule has 3 aromatic rings. The van der Waals surface area contributed by atoms with Gasteiger partial charge in [0.1, 0.15) is 10.6 Å². The number of halogens is 2. The number of carbonyl (C=O) groups is 2. The van der Waals surface area contributed by atoms with Crippen molar-refractivity contribution < 1.29 is 9.59 Å². The van der Waals surface area contributed by atoms with Crippen molar-refractivity contribution in [2.75, 3.05) is 10.2 Å². The fraction of sp³-hybridized carbons (Fsp3) is 0.0435. The number of nitrogens with one attached hydrogen (secondary N) is 1. The van der Waals surface area contributed by atoms with Gasteiger partial charge in [-0.15, -0.1) is 0 Å². The first-order valence-corrected chi connectivity index (χ1v) is 10.7. The number of anilines is 2. The lowest BCUT2D eigenvalue weighted by molar-refractivity contribution is -0.120. The summed E-state index contributed by atoms with van der Waals surface area (Å²) < 4.78 is 0. The van der Waals surface area contributed by atoms with Crippen LogP contribution in [0.5, 0.6) is 0 Å². The summed E-state index contributed by atoms with van der Waals surface area (Å²) >= 11 is 13.7. The predicted molar refractivity (Wildman–Crippen MR) is 123 cm³/mol. The summed E-state index contributed by atoms with van der Waals surface area (Å²) in [5, 5.41) is 3.99. The lowest BCUT2D eigenvalue weighted by Gasteiger charge is -2.16. The smallest absolute Gasteiger partial charge is 0.283 e. The van der Waals surface area contributed by atoms with Crippen LogP contribution in [-0.4, -0.2) is 11.8 Å². The Kier molecular flexibility index (Phi) is 5.86. The second-order valence-electron chi connectivity index (χ2n) is 6.61. The van der Waals surface area contributed by atoms with Gasteiger partial charge in [-0.05, 0) is 48.9 Å². The van der Waals surface area contributed by atoms with Crippen molar-refractivity contribution in [3.8, 4) is 0 Å². The molecule has 0 spiro atoms. The van der Waals surface area contributed by atoms with E-state index in [9.17, 15) is 9.59 Å². The van der Waals surface area contributed by atoms with Crippen LogP contribution in [0.1, 0.15) is 5.56 Å². The lowest BCUT2D eigenvalue weighted by atomic mass is 10.2. The van der Waals surface area contributed by atoms with E-state index < -0.39 is 11.8 Å². The maximum Gasteiger partial charge on any atom is 0.283 e. The first kappa shape index (κ1) is 20.5. The molecule has 2 amide bonds. The number of benzene rings is 3. The summed E-state index contributed by atoms with van der Waals surface area (Å²) in [4.78, 5) is 28.8. The number of rotatable bonds is 5. The number of thioether (sulfide) groups is 1. The van der Waals surface area contributed by atoms with E-state index in [2.05, 4.69) is 5.32 Å². The Morgan fingerprint density at radius 1 is 0.833 bits per heavy atom. The Morgan fingerprint density at radius 2 is 1.53 bits per heavy atom. The maximum absolute atomic E-state index is 13.3. The summed E-state index contributed by atoms with van der Waals surface area (Å²) in [5.41, 5.74) is 2.07. The molecule has 1 N–H and O–H groups in total. The SMILES string of the molecule is Cc1ccc(NC2=C(Sc3ccccc3)C(=O)N(c3ccccc3Cl)C2=O)cc1Cl. The fourth-order valence-electron chi connectivity index (χ4n) is 2.99. The Bertz CT molecular complexity index is 1180. The van der Waals surface area contributed by atoms with Gasteiger partial charge in [-0.25, -0.2) is 4.90 Å². The normalized spacial score (nSPS) is 13.9. The zero-order chi connectivity index (χ0) is 21.3. The van der Waals surface area contributed by atoms with Crippen LogP contribution in [0.4, 0.5) is 11.4 Å². The van der Waals surface area contributed by atoms with Gasteiger partial charge in [-0.1, -0.05) is 71.4 Å². The number of amides is 2. The summed E-state index contributed by atoms with van der Waals surface area (Å²) in [5.74, 6) is -0.897. The van der Waals surface area contributed by atoms with Gasteiger partial charge in [-0.3, -0.25) is 9.59 Å². The summed E-state index contributed by atoms with van der Waals surface area (Å²) in [7, 11) is 0. The molecule has 0 aromatic heterocycles. The van der Waals surface area contributed by atoms with Crippen molar-refractivity contribution >= 4 is 58.2 Å². The maximum atomic E-state index is 13.3. The molecule has 0 bridgehead atoms. The number of carbonyl (C=O) groups excluding carboxylic acids is 2. The van der Waals surface area contributed by atoms with Gasteiger partial charge >= 0.3 is 0 Å². The molecular formula is C23H16Cl2N2O2S. The Labute approximate surface area is 188 Å². The molecule has 4 nitrogen and oxygen atoms in total. The molecule has 150 valence electrons. The number of nitrogens with zero attached hydrogens (tertiary/aromatic N) is 1. The highest BCUT2D eigenvalue weighted by atomic mass is 35.5. The molecule has 0 atom stereocenters. The van der Waals surface area contributed by atoms with E-state index in [4.69, 9.17) is 23.2 Å². The van der Waals surface area contributed by atoms with E-state index in [-0.39, 0.29) is 5.70 Å². The minimum Gasteiger partial charge on any atom is -0.350 e. The van der Waals surface area contributed by atoms with Crippen LogP contribution in [0, 0.1) is 6.92 Å². The molecule has 0 aliphatic carbocycles. The molecule has 0 fully saturated rings. The van der Waals surface area contributed by atoms with E-state index in [1.165, 1.54) is 11.8 Å². The van der Waals surface area contributed by atoms with Gasteiger partial charge in [-0.2, -0.15) is 0 Å². The standard InChI is InChI=1S/C23H16Cl2N2O2S/c1-14-11-12-15(13-18(14)25)26-20-21(30-16-7-3-2-4-8-16)23(29)27(22(20)28)19-10-6-5-9-17(19)24/h2-13,26H,1H3. The molecular weight excluding hydrogens is 439 g/mol. The van der Waals surface area contributed by atoms with E-state index in [0.29, 0.717) is 26.3 Å². The monoisotopic (exact) mass is 454 g/mol. The Hall–Kier alpha value is -2.73. The van der Waals surface area contributed by atoms with E-state index in [1.54, 1.807) is 30.3 Å². The molecule has 3 aromatic carbocycles. The number of hydrogen-bond acceptors (Lipinski definition) is 4. The number of aryl methyl sites for hydroxylation is 1. The minimum absolute atomic E-state index is 0.189. The average Bonchev–Trinajstić information content (AvgIpc) is 2.96. The van der Waals surface area contributed by atoms with Gasteiger partial charge < -0.3 is 5.32 Å². The minimum atomic E-state index is -0.469. The molecule has 30 heavy (non-hydrogen) atoms. The summed E-state index contributed by atoms with van der Waals surface area (Å²) in [6.07, 6.45) is 0. The third-order valence-electron chi connectivity index (χ3n) is 4.54. The van der Waals surface area contributed by atoms with Gasteiger partial charge in [0.05, 0.1) is 10.7 Å². The molecule has 7 heteroatoms. The van der Waals surface area contributed by atoms with Crippen LogP contribution in [0.3, 0.4) is 0 Å². The number of hydrogen-bond donors (Lipinski definition) is 1. The van der Waals surface area contributed by atoms with Gasteiger partial charge in [0.15, 0.2) is 0 Å². The number of imide groups is 1. The molecule has 4 rings (SSSR count). The largest absolute Gasteiger partial charge is 0.350 e. The molecule has 1 aliphatic rings. The highest BCUT2D eigenvalue weighted by Crippen LogP contribution is 2.39. The van der Waals surface area contributed by atoms with Crippen LogP contribution in [-0.2, 0) is 9.59 Å². The predicted octanol–water partition coefficient (Wildman–Crippen LogP) is 6.29. The zero-order valence-corrected chi connectivity index (χ0v) is 18.2. The summed E-state index contributed by atoms with van der Waals surface area (Å²) in [6, 6.07) is 21.6. The van der Waals surface area contributed by atoms with Crippen LogP contribution in [0.2, 0.25) is 10.0 Å². The fourth-order valence-corrected chi connectivity index (χ4v) is 4.34. The average molecular weight is 455 g/mol. The topological polar surface area (TPSA) is 49.4 Å². The van der Waals surface area contributed by atoms with Crippen LogP contribution in [0.25, 0.3) is 0 Å². The highest BCUT2D eigenvalue weighted by Gasteiger charge is 2.41. The molecule has 1 heterocycles.